The third-order valence-corrected chi connectivity index (χ3v) is 5.67. The number of halogens is 1. The summed E-state index contributed by atoms with van der Waals surface area (Å²) in [6, 6.07) is 11.5. The Hall–Kier alpha value is -2.67. The summed E-state index contributed by atoms with van der Waals surface area (Å²) in [5, 5.41) is 0. The highest BCUT2D eigenvalue weighted by molar-refractivity contribution is 7.90. The van der Waals surface area contributed by atoms with Crippen molar-refractivity contribution in [3.05, 3.63) is 65.7 Å². The Balaban J connectivity index is 2.10. The minimum atomic E-state index is -3.34. The van der Waals surface area contributed by atoms with Crippen LogP contribution in [0.1, 0.15) is 25.8 Å². The Morgan fingerprint density at radius 2 is 1.67 bits per heavy atom. The van der Waals surface area contributed by atoms with Crippen LogP contribution in [0, 0.1) is 5.82 Å². The first-order valence-corrected chi connectivity index (χ1v) is 10.3. The van der Waals surface area contributed by atoms with E-state index in [1.54, 1.807) is 19.1 Å². The molecule has 1 atom stereocenters. The summed E-state index contributed by atoms with van der Waals surface area (Å²) in [5.74, 6) is -0.724. The molecule has 1 aliphatic heterocycles. The van der Waals surface area contributed by atoms with Crippen molar-refractivity contribution in [2.24, 2.45) is 0 Å². The lowest BCUT2D eigenvalue weighted by atomic mass is 9.88. The molecule has 0 bridgehead atoms. The van der Waals surface area contributed by atoms with E-state index in [-0.39, 0.29) is 10.7 Å². The molecule has 0 fully saturated rings. The van der Waals surface area contributed by atoms with Crippen LogP contribution in [0.25, 0.3) is 5.57 Å². The fourth-order valence-corrected chi connectivity index (χ4v) is 3.54. The van der Waals surface area contributed by atoms with Gasteiger partial charge in [-0.2, -0.15) is 0 Å². The van der Waals surface area contributed by atoms with Gasteiger partial charge in [0.1, 0.15) is 17.2 Å². The Labute approximate surface area is 157 Å². The number of carbonyl (C=O) groups is 1. The normalized spacial score (nSPS) is 19.9. The van der Waals surface area contributed by atoms with E-state index in [0.29, 0.717) is 23.3 Å². The van der Waals surface area contributed by atoms with E-state index in [1.165, 1.54) is 36.4 Å². The quantitative estimate of drug-likeness (QED) is 0.728. The number of ether oxygens (including phenoxy) is 2. The molecule has 7 heteroatoms. The van der Waals surface area contributed by atoms with Crippen molar-refractivity contribution in [3.63, 3.8) is 0 Å². The Morgan fingerprint density at radius 1 is 1.07 bits per heavy atom. The van der Waals surface area contributed by atoms with E-state index in [2.05, 4.69) is 0 Å². The van der Waals surface area contributed by atoms with Gasteiger partial charge in [-0.15, -0.1) is 0 Å². The van der Waals surface area contributed by atoms with Crippen LogP contribution in [0.2, 0.25) is 0 Å². The molecular weight excluding hydrogens is 371 g/mol. The average molecular weight is 390 g/mol. The van der Waals surface area contributed by atoms with Gasteiger partial charge in [0, 0.05) is 6.26 Å². The predicted octanol–water partition coefficient (Wildman–Crippen LogP) is 3.74. The lowest BCUT2D eigenvalue weighted by Gasteiger charge is -2.24. The minimum Gasteiger partial charge on any atom is -0.449 e. The van der Waals surface area contributed by atoms with E-state index >= 15 is 0 Å². The van der Waals surface area contributed by atoms with Gasteiger partial charge in [0.15, 0.2) is 9.84 Å². The molecule has 0 aliphatic carbocycles. The maximum Gasteiger partial charge on any atom is 0.375 e. The summed E-state index contributed by atoms with van der Waals surface area (Å²) in [6.07, 6.45) is 1.63. The zero-order valence-corrected chi connectivity index (χ0v) is 16.0. The van der Waals surface area contributed by atoms with Crippen molar-refractivity contribution < 1.29 is 27.1 Å². The number of hydrogen-bond donors (Lipinski definition) is 0. The topological polar surface area (TPSA) is 69.7 Å². The number of benzene rings is 2. The summed E-state index contributed by atoms with van der Waals surface area (Å²) in [4.78, 5) is 12.6. The van der Waals surface area contributed by atoms with Gasteiger partial charge in [-0.05, 0) is 55.3 Å². The summed E-state index contributed by atoms with van der Waals surface area (Å²) in [7, 11) is -3.34. The van der Waals surface area contributed by atoms with E-state index in [4.69, 9.17) is 9.47 Å². The van der Waals surface area contributed by atoms with Gasteiger partial charge in [-0.3, -0.25) is 0 Å². The Kier molecular flexibility index (Phi) is 4.82. The Bertz CT molecular complexity index is 1010. The number of carbonyl (C=O) groups excluding carboxylic acids is 1. The second-order valence-corrected chi connectivity index (χ2v) is 8.55. The van der Waals surface area contributed by atoms with Crippen molar-refractivity contribution in [1.82, 2.24) is 0 Å². The molecule has 0 radical (unpaired) electrons. The van der Waals surface area contributed by atoms with Crippen LogP contribution < -0.4 is 4.74 Å². The van der Waals surface area contributed by atoms with E-state index in [1.807, 2.05) is 6.92 Å². The third kappa shape index (κ3) is 3.73. The highest BCUT2D eigenvalue weighted by Gasteiger charge is 2.45. The highest BCUT2D eigenvalue weighted by Crippen LogP contribution is 2.42. The van der Waals surface area contributed by atoms with Crippen LogP contribution in [0.3, 0.4) is 0 Å². The summed E-state index contributed by atoms with van der Waals surface area (Å²) >= 11 is 0. The van der Waals surface area contributed by atoms with Crippen LogP contribution in [0.5, 0.6) is 5.75 Å². The number of cyclic esters (lactones) is 1. The van der Waals surface area contributed by atoms with Gasteiger partial charge < -0.3 is 9.47 Å². The maximum absolute atomic E-state index is 13.1. The number of hydrogen-bond acceptors (Lipinski definition) is 5. The molecule has 3 rings (SSSR count). The second-order valence-electron chi connectivity index (χ2n) is 6.53. The molecular formula is C20H19FO5S. The van der Waals surface area contributed by atoms with Crippen LogP contribution in [-0.4, -0.2) is 26.2 Å². The molecule has 0 amide bonds. The molecule has 27 heavy (non-hydrogen) atoms. The van der Waals surface area contributed by atoms with Gasteiger partial charge in [-0.25, -0.2) is 17.6 Å². The van der Waals surface area contributed by atoms with Gasteiger partial charge in [-0.1, -0.05) is 19.1 Å². The molecule has 2 aromatic rings. The smallest absolute Gasteiger partial charge is 0.375 e. The molecule has 0 aromatic heterocycles. The molecule has 1 aliphatic rings. The number of rotatable bonds is 5. The zero-order chi connectivity index (χ0) is 19.8. The molecule has 2 aromatic carbocycles. The predicted molar refractivity (Wildman–Crippen MR) is 98.3 cm³/mol. The first-order chi connectivity index (χ1) is 12.6. The summed E-state index contributed by atoms with van der Waals surface area (Å²) < 4.78 is 47.8. The Morgan fingerprint density at radius 3 is 2.19 bits per heavy atom. The van der Waals surface area contributed by atoms with Gasteiger partial charge in [0.2, 0.25) is 5.76 Å². The van der Waals surface area contributed by atoms with Crippen molar-refractivity contribution in [2.75, 3.05) is 6.26 Å². The van der Waals surface area contributed by atoms with Crippen LogP contribution >= 0.6 is 0 Å². The zero-order valence-electron chi connectivity index (χ0n) is 15.2. The van der Waals surface area contributed by atoms with Crippen molar-refractivity contribution >= 4 is 21.4 Å². The molecule has 0 saturated carbocycles. The highest BCUT2D eigenvalue weighted by atomic mass is 32.2. The molecule has 0 unspecified atom stereocenters. The van der Waals surface area contributed by atoms with Gasteiger partial charge in [0.05, 0.1) is 10.5 Å². The van der Waals surface area contributed by atoms with Crippen LogP contribution in [0.15, 0.2) is 59.2 Å². The lowest BCUT2D eigenvalue weighted by molar-refractivity contribution is -0.147. The largest absolute Gasteiger partial charge is 0.449 e. The second kappa shape index (κ2) is 6.81. The van der Waals surface area contributed by atoms with Gasteiger partial charge in [0.25, 0.3) is 0 Å². The monoisotopic (exact) mass is 390 g/mol. The lowest BCUT2D eigenvalue weighted by Crippen LogP contribution is -2.26. The SMILES string of the molecule is CC[C@@]1(C)OC(=O)C(Oc2ccc(F)cc2)=C1c1ccc(S(C)(=O)=O)cc1. The fourth-order valence-electron chi connectivity index (χ4n) is 2.91. The van der Waals surface area contributed by atoms with Crippen molar-refractivity contribution in [3.8, 4) is 5.75 Å². The fraction of sp³-hybridized carbons (Fsp3) is 0.250. The molecule has 0 spiro atoms. The van der Waals surface area contributed by atoms with Crippen LogP contribution in [-0.2, 0) is 19.4 Å². The van der Waals surface area contributed by atoms with Crippen LogP contribution in [0.4, 0.5) is 4.39 Å². The van der Waals surface area contributed by atoms with E-state index < -0.39 is 27.2 Å². The third-order valence-electron chi connectivity index (χ3n) is 4.54. The number of sulfone groups is 1. The maximum atomic E-state index is 13.1. The molecule has 142 valence electrons. The summed E-state index contributed by atoms with van der Waals surface area (Å²) in [6.45, 7) is 3.64. The van der Waals surface area contributed by atoms with Crippen molar-refractivity contribution in [1.29, 1.82) is 0 Å². The molecule has 0 saturated heterocycles. The summed E-state index contributed by atoms with van der Waals surface area (Å²) in [5.41, 5.74) is 0.230. The first kappa shape index (κ1) is 19.1. The standard InChI is InChI=1S/C20H19FO5S/c1-4-20(2)17(13-5-11-16(12-6-13)27(3,23)24)18(19(22)26-20)25-15-9-7-14(21)8-10-15/h5-12H,4H2,1-3H3/t20-/m1/s1. The molecule has 5 nitrogen and oxygen atoms in total. The minimum absolute atomic E-state index is 0.0121. The van der Waals surface area contributed by atoms with E-state index in [0.717, 1.165) is 6.26 Å². The van der Waals surface area contributed by atoms with Gasteiger partial charge >= 0.3 is 5.97 Å². The van der Waals surface area contributed by atoms with E-state index in [9.17, 15) is 17.6 Å². The molecule has 1 heterocycles. The molecule has 0 N–H and O–H groups in total. The average Bonchev–Trinajstić information content (AvgIpc) is 2.87. The first-order valence-electron chi connectivity index (χ1n) is 8.36. The number of esters is 1. The van der Waals surface area contributed by atoms with Crippen molar-refractivity contribution in [2.45, 2.75) is 30.8 Å².